The van der Waals surface area contributed by atoms with Gasteiger partial charge in [0, 0.05) is 13.2 Å². The van der Waals surface area contributed by atoms with Gasteiger partial charge in [0.05, 0.1) is 0 Å². The Labute approximate surface area is 105 Å². The van der Waals surface area contributed by atoms with Crippen LogP contribution < -0.4 is 0 Å². The zero-order chi connectivity index (χ0) is 8.36. The molecule has 3 heteroatoms. The fourth-order valence-electron chi connectivity index (χ4n) is 1.11. The normalized spacial score (nSPS) is 9.50. The molecule has 0 aliphatic rings. The van der Waals surface area contributed by atoms with Crippen LogP contribution in [0.5, 0.6) is 0 Å². The predicted octanol–water partition coefficient (Wildman–Crippen LogP) is 0.785. The van der Waals surface area contributed by atoms with Crippen molar-refractivity contribution >= 4 is 37.7 Å². The summed E-state index contributed by atoms with van der Waals surface area (Å²) in [5, 5.41) is 16.9. The first-order valence-corrected chi connectivity index (χ1v) is 4.63. The van der Waals surface area contributed by atoms with Crippen LogP contribution in [0.3, 0.4) is 0 Å². The molecule has 72 valence electrons. The standard InChI is InChI=1S/C9H20O2.Ca.2H/c10-8-6-4-2-1-3-5-7-9-11;;;/h10-11H,1-9H2;;;. The molecule has 0 heterocycles. The number of hydrogen-bond donors (Lipinski definition) is 2. The van der Waals surface area contributed by atoms with E-state index >= 15 is 0 Å². The van der Waals surface area contributed by atoms with Crippen molar-refractivity contribution < 1.29 is 10.2 Å². The zero-order valence-corrected chi connectivity index (χ0v) is 7.26. The van der Waals surface area contributed by atoms with Gasteiger partial charge in [-0.1, -0.05) is 32.1 Å². The molecule has 0 aromatic heterocycles. The van der Waals surface area contributed by atoms with Crippen molar-refractivity contribution in [2.75, 3.05) is 13.2 Å². The Morgan fingerprint density at radius 2 is 0.750 bits per heavy atom. The third-order valence-corrected chi connectivity index (χ3v) is 1.82. The van der Waals surface area contributed by atoms with Gasteiger partial charge in [0.15, 0.2) is 0 Å². The summed E-state index contributed by atoms with van der Waals surface area (Å²) >= 11 is 0. The molecule has 2 N–H and O–H groups in total. The number of aliphatic hydroxyl groups excluding tert-OH is 2. The molecule has 0 radical (unpaired) electrons. The summed E-state index contributed by atoms with van der Waals surface area (Å²) in [7, 11) is 0. The molecule has 0 aromatic rings. The van der Waals surface area contributed by atoms with Gasteiger partial charge in [0.2, 0.25) is 0 Å². The van der Waals surface area contributed by atoms with Crippen molar-refractivity contribution in [2.45, 2.75) is 44.9 Å². The number of unbranched alkanes of at least 4 members (excludes halogenated alkanes) is 6. The van der Waals surface area contributed by atoms with Gasteiger partial charge in [-0.2, -0.15) is 0 Å². The topological polar surface area (TPSA) is 40.5 Å². The van der Waals surface area contributed by atoms with Crippen LogP contribution >= 0.6 is 0 Å². The maximum absolute atomic E-state index is 8.47. The second kappa shape index (κ2) is 14.7. The van der Waals surface area contributed by atoms with E-state index in [9.17, 15) is 0 Å². The van der Waals surface area contributed by atoms with E-state index < -0.39 is 0 Å². The van der Waals surface area contributed by atoms with Crippen LogP contribution in [0.15, 0.2) is 0 Å². The summed E-state index contributed by atoms with van der Waals surface area (Å²) in [6.45, 7) is 0.660. The predicted molar refractivity (Wildman–Crippen MR) is 55.0 cm³/mol. The first-order valence-electron chi connectivity index (χ1n) is 4.63. The molecule has 0 saturated heterocycles. The Bertz CT molecular complexity index is 61.5. The van der Waals surface area contributed by atoms with Gasteiger partial charge < -0.3 is 10.2 Å². The molecule has 12 heavy (non-hydrogen) atoms. The monoisotopic (exact) mass is 202 g/mol. The maximum atomic E-state index is 8.47. The van der Waals surface area contributed by atoms with E-state index in [-0.39, 0.29) is 37.7 Å². The Kier molecular flexibility index (Phi) is 19.1. The molecule has 0 amide bonds. The first-order chi connectivity index (χ1) is 5.41. The molecule has 0 fully saturated rings. The molecular weight excluding hydrogens is 180 g/mol. The van der Waals surface area contributed by atoms with Gasteiger partial charge >= 0.3 is 37.7 Å². The van der Waals surface area contributed by atoms with Gasteiger partial charge in [-0.3, -0.25) is 0 Å². The third kappa shape index (κ3) is 13.7. The van der Waals surface area contributed by atoms with Crippen LogP contribution in [0.4, 0.5) is 0 Å². The van der Waals surface area contributed by atoms with Crippen molar-refractivity contribution in [3.63, 3.8) is 0 Å². The summed E-state index contributed by atoms with van der Waals surface area (Å²) in [4.78, 5) is 0. The second-order valence-electron chi connectivity index (χ2n) is 2.92. The van der Waals surface area contributed by atoms with Gasteiger partial charge in [0.25, 0.3) is 0 Å². The summed E-state index contributed by atoms with van der Waals surface area (Å²) < 4.78 is 0. The van der Waals surface area contributed by atoms with Crippen LogP contribution in [-0.4, -0.2) is 61.2 Å². The van der Waals surface area contributed by atoms with Crippen molar-refractivity contribution in [1.29, 1.82) is 0 Å². The Morgan fingerprint density at radius 1 is 0.500 bits per heavy atom. The van der Waals surface area contributed by atoms with E-state index in [0.717, 1.165) is 25.7 Å². The van der Waals surface area contributed by atoms with Crippen molar-refractivity contribution in [2.24, 2.45) is 0 Å². The summed E-state index contributed by atoms with van der Waals surface area (Å²) in [5.74, 6) is 0. The number of rotatable bonds is 8. The van der Waals surface area contributed by atoms with Gasteiger partial charge in [0.1, 0.15) is 0 Å². The minimum atomic E-state index is 0. The van der Waals surface area contributed by atoms with Crippen LogP contribution in [-0.2, 0) is 0 Å². The molecule has 0 rings (SSSR count). The second-order valence-corrected chi connectivity index (χ2v) is 2.92. The Balaban J connectivity index is 0. The molecule has 0 spiro atoms. The van der Waals surface area contributed by atoms with E-state index in [1.807, 2.05) is 0 Å². The number of aliphatic hydroxyl groups is 2. The summed E-state index contributed by atoms with van der Waals surface area (Å²) in [6.07, 6.45) is 7.89. The van der Waals surface area contributed by atoms with Crippen molar-refractivity contribution in [1.82, 2.24) is 0 Å². The molecular formula is C9H22CaO2. The minimum absolute atomic E-state index is 0. The Hall–Kier alpha value is 1.18. The van der Waals surface area contributed by atoms with Crippen LogP contribution in [0.25, 0.3) is 0 Å². The van der Waals surface area contributed by atoms with Crippen molar-refractivity contribution in [3.8, 4) is 0 Å². The van der Waals surface area contributed by atoms with E-state index in [0.29, 0.717) is 13.2 Å². The summed E-state index contributed by atoms with van der Waals surface area (Å²) in [6, 6.07) is 0. The SMILES string of the molecule is OCCCCCCCCCO.[CaH2]. The molecule has 0 bridgehead atoms. The van der Waals surface area contributed by atoms with Gasteiger partial charge in [-0.25, -0.2) is 0 Å². The quantitative estimate of drug-likeness (QED) is 0.451. The van der Waals surface area contributed by atoms with E-state index in [1.165, 1.54) is 19.3 Å². The molecule has 0 atom stereocenters. The van der Waals surface area contributed by atoms with Crippen LogP contribution in [0.2, 0.25) is 0 Å². The fourth-order valence-corrected chi connectivity index (χ4v) is 1.11. The number of hydrogen-bond acceptors (Lipinski definition) is 2. The molecule has 0 aliphatic heterocycles. The molecule has 2 nitrogen and oxygen atoms in total. The van der Waals surface area contributed by atoms with E-state index in [4.69, 9.17) is 10.2 Å². The van der Waals surface area contributed by atoms with Gasteiger partial charge in [-0.15, -0.1) is 0 Å². The van der Waals surface area contributed by atoms with Crippen molar-refractivity contribution in [3.05, 3.63) is 0 Å². The van der Waals surface area contributed by atoms with Crippen LogP contribution in [0, 0.1) is 0 Å². The van der Waals surface area contributed by atoms with Gasteiger partial charge in [-0.05, 0) is 12.8 Å². The first kappa shape index (κ1) is 15.6. The van der Waals surface area contributed by atoms with E-state index in [1.54, 1.807) is 0 Å². The molecule has 0 aromatic carbocycles. The summed E-state index contributed by atoms with van der Waals surface area (Å²) in [5.41, 5.74) is 0. The fraction of sp³-hybridized carbons (Fsp3) is 1.00. The van der Waals surface area contributed by atoms with E-state index in [2.05, 4.69) is 0 Å². The molecule has 0 aliphatic carbocycles. The zero-order valence-electron chi connectivity index (χ0n) is 7.26. The van der Waals surface area contributed by atoms with Crippen LogP contribution in [0.1, 0.15) is 44.9 Å². The molecule has 0 unspecified atom stereocenters. The average Bonchev–Trinajstić information content (AvgIpc) is 2.03. The average molecular weight is 202 g/mol. The molecule has 0 saturated carbocycles. The Morgan fingerprint density at radius 3 is 1.00 bits per heavy atom. The third-order valence-electron chi connectivity index (χ3n) is 1.82.